The SMILES string of the molecule is O=C(Nc1ccc(N2C(=O)CCCC2=O)cc1)[C@@H]1Cc2ccccc2O1. The number of imide groups is 1. The Bertz CT molecular complexity index is 835. The van der Waals surface area contributed by atoms with Crippen molar-refractivity contribution in [1.82, 2.24) is 0 Å². The molecule has 0 saturated carbocycles. The van der Waals surface area contributed by atoms with Crippen LogP contribution in [0.2, 0.25) is 0 Å². The number of anilines is 2. The van der Waals surface area contributed by atoms with Gasteiger partial charge in [0.2, 0.25) is 11.8 Å². The van der Waals surface area contributed by atoms with Gasteiger partial charge < -0.3 is 10.1 Å². The molecule has 2 aliphatic rings. The predicted octanol–water partition coefficient (Wildman–Crippen LogP) is 2.67. The second-order valence-corrected chi connectivity index (χ2v) is 6.43. The molecule has 1 N–H and O–H groups in total. The fraction of sp³-hybridized carbons (Fsp3) is 0.250. The molecule has 4 rings (SSSR count). The zero-order valence-corrected chi connectivity index (χ0v) is 14.1. The average Bonchev–Trinajstić information content (AvgIpc) is 3.07. The topological polar surface area (TPSA) is 75.7 Å². The third kappa shape index (κ3) is 3.06. The minimum absolute atomic E-state index is 0.185. The maximum absolute atomic E-state index is 12.4. The standard InChI is InChI=1S/C20H18N2O4/c23-18-6-3-7-19(24)22(18)15-10-8-14(9-11-15)21-20(25)17-12-13-4-1-2-5-16(13)26-17/h1-2,4-5,8-11,17H,3,6-7,12H2,(H,21,25)/t17-/m0/s1. The molecule has 3 amide bonds. The second kappa shape index (κ2) is 6.63. The summed E-state index contributed by atoms with van der Waals surface area (Å²) in [5.41, 5.74) is 2.14. The third-order valence-electron chi connectivity index (χ3n) is 4.61. The van der Waals surface area contributed by atoms with E-state index in [0.717, 1.165) is 11.3 Å². The first kappa shape index (κ1) is 16.3. The quantitative estimate of drug-likeness (QED) is 0.864. The van der Waals surface area contributed by atoms with Crippen molar-refractivity contribution in [3.05, 3.63) is 54.1 Å². The molecule has 2 heterocycles. The van der Waals surface area contributed by atoms with Crippen molar-refractivity contribution >= 4 is 29.1 Å². The highest BCUT2D eigenvalue weighted by atomic mass is 16.5. The van der Waals surface area contributed by atoms with Crippen LogP contribution in [-0.4, -0.2) is 23.8 Å². The molecular weight excluding hydrogens is 332 g/mol. The average molecular weight is 350 g/mol. The van der Waals surface area contributed by atoms with Crippen LogP contribution in [0.25, 0.3) is 0 Å². The molecule has 0 bridgehead atoms. The Hall–Kier alpha value is -3.15. The molecule has 2 aromatic rings. The zero-order valence-electron chi connectivity index (χ0n) is 14.1. The fourth-order valence-corrected chi connectivity index (χ4v) is 3.29. The number of nitrogens with zero attached hydrogens (tertiary/aromatic N) is 1. The number of fused-ring (bicyclic) bond motifs is 1. The first-order chi connectivity index (χ1) is 12.6. The van der Waals surface area contributed by atoms with E-state index in [1.807, 2.05) is 24.3 Å². The number of nitrogens with one attached hydrogen (secondary N) is 1. The van der Waals surface area contributed by atoms with Crippen LogP contribution in [0.5, 0.6) is 5.75 Å². The molecule has 0 unspecified atom stereocenters. The Morgan fingerprint density at radius 2 is 1.69 bits per heavy atom. The Morgan fingerprint density at radius 1 is 1.00 bits per heavy atom. The van der Waals surface area contributed by atoms with Gasteiger partial charge in [-0.3, -0.25) is 19.3 Å². The molecule has 0 spiro atoms. The van der Waals surface area contributed by atoms with E-state index < -0.39 is 6.10 Å². The van der Waals surface area contributed by atoms with Crippen molar-refractivity contribution in [2.45, 2.75) is 31.8 Å². The van der Waals surface area contributed by atoms with Crippen molar-refractivity contribution < 1.29 is 19.1 Å². The number of carbonyl (C=O) groups is 3. The van der Waals surface area contributed by atoms with E-state index in [1.54, 1.807) is 24.3 Å². The summed E-state index contributed by atoms with van der Waals surface area (Å²) in [4.78, 5) is 37.6. The van der Waals surface area contributed by atoms with E-state index in [4.69, 9.17) is 4.74 Å². The lowest BCUT2D eigenvalue weighted by atomic mass is 10.1. The number of carbonyl (C=O) groups excluding carboxylic acids is 3. The number of benzene rings is 2. The minimum atomic E-state index is -0.558. The molecule has 0 aromatic heterocycles. The van der Waals surface area contributed by atoms with Crippen molar-refractivity contribution in [1.29, 1.82) is 0 Å². The lowest BCUT2D eigenvalue weighted by molar-refractivity contribution is -0.129. The third-order valence-corrected chi connectivity index (χ3v) is 4.61. The van der Waals surface area contributed by atoms with Crippen molar-refractivity contribution in [3.63, 3.8) is 0 Å². The summed E-state index contributed by atoms with van der Waals surface area (Å²) >= 11 is 0. The van der Waals surface area contributed by atoms with Gasteiger partial charge in [0, 0.05) is 24.9 Å². The first-order valence-electron chi connectivity index (χ1n) is 8.63. The smallest absolute Gasteiger partial charge is 0.265 e. The van der Waals surface area contributed by atoms with Crippen molar-refractivity contribution in [3.8, 4) is 5.75 Å². The van der Waals surface area contributed by atoms with Crippen LogP contribution in [0.15, 0.2) is 48.5 Å². The molecule has 0 aliphatic carbocycles. The van der Waals surface area contributed by atoms with Gasteiger partial charge >= 0.3 is 0 Å². The van der Waals surface area contributed by atoms with Gasteiger partial charge in [-0.1, -0.05) is 18.2 Å². The highest BCUT2D eigenvalue weighted by Crippen LogP contribution is 2.29. The number of ether oxygens (including phenoxy) is 1. The Balaban J connectivity index is 1.42. The summed E-state index contributed by atoms with van der Waals surface area (Å²) in [6.07, 6.45) is 1.34. The van der Waals surface area contributed by atoms with Gasteiger partial charge in [-0.15, -0.1) is 0 Å². The Morgan fingerprint density at radius 3 is 2.38 bits per heavy atom. The van der Waals surface area contributed by atoms with Gasteiger partial charge in [-0.2, -0.15) is 0 Å². The summed E-state index contributed by atoms with van der Waals surface area (Å²) in [5.74, 6) is 0.148. The molecule has 132 valence electrons. The number of amides is 3. The maximum Gasteiger partial charge on any atom is 0.265 e. The molecule has 1 saturated heterocycles. The number of hydrogen-bond donors (Lipinski definition) is 1. The molecule has 2 aromatic carbocycles. The van der Waals surface area contributed by atoms with Gasteiger partial charge in [0.1, 0.15) is 5.75 Å². The van der Waals surface area contributed by atoms with E-state index in [1.165, 1.54) is 4.90 Å². The van der Waals surface area contributed by atoms with E-state index in [9.17, 15) is 14.4 Å². The molecule has 1 fully saturated rings. The molecule has 2 aliphatic heterocycles. The predicted molar refractivity (Wildman–Crippen MR) is 96.0 cm³/mol. The van der Waals surface area contributed by atoms with Crippen LogP contribution in [0.1, 0.15) is 24.8 Å². The second-order valence-electron chi connectivity index (χ2n) is 6.43. The van der Waals surface area contributed by atoms with Gasteiger partial charge in [-0.25, -0.2) is 0 Å². The lowest BCUT2D eigenvalue weighted by Crippen LogP contribution is -2.40. The lowest BCUT2D eigenvalue weighted by Gasteiger charge is -2.25. The van der Waals surface area contributed by atoms with E-state index in [0.29, 0.717) is 37.1 Å². The Labute approximate surface area is 150 Å². The summed E-state index contributed by atoms with van der Waals surface area (Å²) < 4.78 is 5.68. The monoisotopic (exact) mass is 350 g/mol. The summed E-state index contributed by atoms with van der Waals surface area (Å²) in [5, 5.41) is 2.82. The normalized spacial score (nSPS) is 19.1. The van der Waals surface area contributed by atoms with Crippen molar-refractivity contribution in [2.24, 2.45) is 0 Å². The first-order valence-corrected chi connectivity index (χ1v) is 8.63. The fourth-order valence-electron chi connectivity index (χ4n) is 3.29. The molecule has 1 atom stereocenters. The number of rotatable bonds is 3. The minimum Gasteiger partial charge on any atom is -0.480 e. The van der Waals surface area contributed by atoms with Crippen LogP contribution >= 0.6 is 0 Å². The molecular formula is C20H18N2O4. The molecule has 0 radical (unpaired) electrons. The highest BCUT2D eigenvalue weighted by Gasteiger charge is 2.29. The van der Waals surface area contributed by atoms with Gasteiger partial charge in [0.15, 0.2) is 6.10 Å². The van der Waals surface area contributed by atoms with E-state index in [-0.39, 0.29) is 17.7 Å². The maximum atomic E-state index is 12.4. The van der Waals surface area contributed by atoms with Crippen LogP contribution in [0.3, 0.4) is 0 Å². The van der Waals surface area contributed by atoms with Crippen LogP contribution in [0.4, 0.5) is 11.4 Å². The summed E-state index contributed by atoms with van der Waals surface area (Å²) in [6.45, 7) is 0. The van der Waals surface area contributed by atoms with E-state index in [2.05, 4.69) is 5.32 Å². The van der Waals surface area contributed by atoms with Crippen LogP contribution in [-0.2, 0) is 20.8 Å². The summed E-state index contributed by atoms with van der Waals surface area (Å²) in [6, 6.07) is 14.3. The number of para-hydroxylation sites is 1. The number of hydrogen-bond acceptors (Lipinski definition) is 4. The largest absolute Gasteiger partial charge is 0.480 e. The zero-order chi connectivity index (χ0) is 18.1. The molecule has 6 heteroatoms. The van der Waals surface area contributed by atoms with Gasteiger partial charge in [0.25, 0.3) is 5.91 Å². The highest BCUT2D eigenvalue weighted by molar-refractivity contribution is 6.16. The molecule has 26 heavy (non-hydrogen) atoms. The Kier molecular flexibility index (Phi) is 4.16. The van der Waals surface area contributed by atoms with Crippen molar-refractivity contribution in [2.75, 3.05) is 10.2 Å². The number of piperidine rings is 1. The van der Waals surface area contributed by atoms with Gasteiger partial charge in [-0.05, 0) is 42.3 Å². The van der Waals surface area contributed by atoms with Gasteiger partial charge in [0.05, 0.1) is 5.69 Å². The summed E-state index contributed by atoms with van der Waals surface area (Å²) in [7, 11) is 0. The van der Waals surface area contributed by atoms with Crippen LogP contribution in [0, 0.1) is 0 Å². The molecule has 6 nitrogen and oxygen atoms in total. The van der Waals surface area contributed by atoms with Crippen LogP contribution < -0.4 is 15.0 Å². The van der Waals surface area contributed by atoms with E-state index >= 15 is 0 Å².